The number of aliphatic hydroxyl groups is 1. The van der Waals surface area contributed by atoms with Gasteiger partial charge in [-0.1, -0.05) is 48.5 Å². The van der Waals surface area contributed by atoms with E-state index in [9.17, 15) is 5.11 Å². The summed E-state index contributed by atoms with van der Waals surface area (Å²) < 4.78 is 0. The predicted octanol–water partition coefficient (Wildman–Crippen LogP) is 3.38. The monoisotopic (exact) mass is 263 g/mol. The van der Waals surface area contributed by atoms with Crippen molar-refractivity contribution in [3.05, 3.63) is 78.1 Å². The first-order chi connectivity index (χ1) is 9.83. The SMILES string of the molecule is OC(Cc1cccnc1)Cc1cccc2ccccc12. The summed E-state index contributed by atoms with van der Waals surface area (Å²) in [6, 6.07) is 18.4. The highest BCUT2D eigenvalue weighted by Gasteiger charge is 2.09. The molecule has 1 N–H and O–H groups in total. The Morgan fingerprint density at radius 1 is 0.900 bits per heavy atom. The van der Waals surface area contributed by atoms with Crippen molar-refractivity contribution in [1.29, 1.82) is 0 Å². The first-order valence-electron chi connectivity index (χ1n) is 6.86. The second-order valence-electron chi connectivity index (χ2n) is 5.06. The zero-order valence-electron chi connectivity index (χ0n) is 11.2. The van der Waals surface area contributed by atoms with Gasteiger partial charge in [0.1, 0.15) is 0 Å². The lowest BCUT2D eigenvalue weighted by Gasteiger charge is -2.12. The van der Waals surface area contributed by atoms with Crippen molar-refractivity contribution in [3.8, 4) is 0 Å². The molecule has 3 rings (SSSR count). The van der Waals surface area contributed by atoms with Crippen molar-refractivity contribution in [2.24, 2.45) is 0 Å². The van der Waals surface area contributed by atoms with Gasteiger partial charge in [0, 0.05) is 18.8 Å². The molecule has 0 fully saturated rings. The number of hydrogen-bond donors (Lipinski definition) is 1. The van der Waals surface area contributed by atoms with Crippen LogP contribution in [0.25, 0.3) is 10.8 Å². The molecular formula is C18H17NO. The molecule has 0 saturated heterocycles. The predicted molar refractivity (Wildman–Crippen MR) is 81.6 cm³/mol. The molecule has 3 aromatic rings. The van der Waals surface area contributed by atoms with Crippen molar-refractivity contribution in [3.63, 3.8) is 0 Å². The first-order valence-corrected chi connectivity index (χ1v) is 6.86. The quantitative estimate of drug-likeness (QED) is 0.782. The molecule has 1 heterocycles. The smallest absolute Gasteiger partial charge is 0.0621 e. The average Bonchev–Trinajstić information content (AvgIpc) is 2.48. The van der Waals surface area contributed by atoms with Crippen molar-refractivity contribution in [2.45, 2.75) is 18.9 Å². The van der Waals surface area contributed by atoms with Gasteiger partial charge < -0.3 is 5.11 Å². The Morgan fingerprint density at radius 3 is 2.60 bits per heavy atom. The molecule has 0 aliphatic heterocycles. The summed E-state index contributed by atoms with van der Waals surface area (Å²) in [5.41, 5.74) is 2.26. The summed E-state index contributed by atoms with van der Waals surface area (Å²) >= 11 is 0. The molecule has 2 aromatic carbocycles. The van der Waals surface area contributed by atoms with E-state index in [1.807, 2.05) is 30.5 Å². The Bertz CT molecular complexity index is 689. The molecule has 20 heavy (non-hydrogen) atoms. The molecule has 0 spiro atoms. The molecule has 1 unspecified atom stereocenters. The largest absolute Gasteiger partial charge is 0.392 e. The van der Waals surface area contributed by atoms with E-state index in [1.54, 1.807) is 6.20 Å². The molecular weight excluding hydrogens is 246 g/mol. The Morgan fingerprint density at radius 2 is 1.75 bits per heavy atom. The molecule has 0 aliphatic carbocycles. The average molecular weight is 263 g/mol. The van der Waals surface area contributed by atoms with Crippen LogP contribution in [-0.4, -0.2) is 16.2 Å². The van der Waals surface area contributed by atoms with E-state index >= 15 is 0 Å². The molecule has 0 amide bonds. The van der Waals surface area contributed by atoms with E-state index in [-0.39, 0.29) is 6.10 Å². The zero-order chi connectivity index (χ0) is 13.8. The third-order valence-corrected chi connectivity index (χ3v) is 3.53. The maximum absolute atomic E-state index is 10.3. The third-order valence-electron chi connectivity index (χ3n) is 3.53. The molecule has 0 radical (unpaired) electrons. The van der Waals surface area contributed by atoms with Crippen molar-refractivity contribution in [1.82, 2.24) is 4.98 Å². The first kappa shape index (κ1) is 12.8. The minimum absolute atomic E-state index is 0.384. The lowest BCUT2D eigenvalue weighted by atomic mass is 9.97. The summed E-state index contributed by atoms with van der Waals surface area (Å²) in [6.07, 6.45) is 4.48. The van der Waals surface area contributed by atoms with Crippen LogP contribution in [0.4, 0.5) is 0 Å². The van der Waals surface area contributed by atoms with Crippen LogP contribution in [0.2, 0.25) is 0 Å². The van der Waals surface area contributed by atoms with Crippen LogP contribution in [0, 0.1) is 0 Å². The van der Waals surface area contributed by atoms with Gasteiger partial charge in [-0.3, -0.25) is 4.98 Å². The number of fused-ring (bicyclic) bond motifs is 1. The maximum Gasteiger partial charge on any atom is 0.0621 e. The molecule has 2 heteroatoms. The van der Waals surface area contributed by atoms with E-state index in [2.05, 4.69) is 35.3 Å². The molecule has 1 atom stereocenters. The van der Waals surface area contributed by atoms with E-state index in [4.69, 9.17) is 0 Å². The number of rotatable bonds is 4. The van der Waals surface area contributed by atoms with E-state index < -0.39 is 0 Å². The highest BCUT2D eigenvalue weighted by Crippen LogP contribution is 2.20. The number of hydrogen-bond acceptors (Lipinski definition) is 2. The molecule has 0 bridgehead atoms. The van der Waals surface area contributed by atoms with Crippen LogP contribution >= 0.6 is 0 Å². The van der Waals surface area contributed by atoms with Gasteiger partial charge in [-0.15, -0.1) is 0 Å². The lowest BCUT2D eigenvalue weighted by molar-refractivity contribution is 0.175. The fourth-order valence-corrected chi connectivity index (χ4v) is 2.59. The number of benzene rings is 2. The van der Waals surface area contributed by atoms with Gasteiger partial charge in [0.2, 0.25) is 0 Å². The highest BCUT2D eigenvalue weighted by molar-refractivity contribution is 5.85. The van der Waals surface area contributed by atoms with Gasteiger partial charge in [0.25, 0.3) is 0 Å². The minimum Gasteiger partial charge on any atom is -0.392 e. The zero-order valence-corrected chi connectivity index (χ0v) is 11.2. The van der Waals surface area contributed by atoms with Crippen molar-refractivity contribution in [2.75, 3.05) is 0 Å². The lowest BCUT2D eigenvalue weighted by Crippen LogP contribution is -2.14. The molecule has 100 valence electrons. The van der Waals surface area contributed by atoms with E-state index in [0.717, 1.165) is 5.56 Å². The number of aliphatic hydroxyl groups excluding tert-OH is 1. The van der Waals surface area contributed by atoms with Crippen LogP contribution in [0.3, 0.4) is 0 Å². The highest BCUT2D eigenvalue weighted by atomic mass is 16.3. The fourth-order valence-electron chi connectivity index (χ4n) is 2.59. The number of aromatic nitrogens is 1. The van der Waals surface area contributed by atoms with Gasteiger partial charge >= 0.3 is 0 Å². The Labute approximate surface area is 118 Å². The van der Waals surface area contributed by atoms with Gasteiger partial charge in [-0.25, -0.2) is 0 Å². The second kappa shape index (κ2) is 5.85. The summed E-state index contributed by atoms with van der Waals surface area (Å²) in [4.78, 5) is 4.08. The Balaban J connectivity index is 1.79. The fraction of sp³-hybridized carbons (Fsp3) is 0.167. The van der Waals surface area contributed by atoms with Crippen LogP contribution in [0.15, 0.2) is 67.0 Å². The summed E-state index contributed by atoms with van der Waals surface area (Å²) in [5.74, 6) is 0. The number of pyridine rings is 1. The third kappa shape index (κ3) is 2.86. The van der Waals surface area contributed by atoms with Crippen LogP contribution in [0.5, 0.6) is 0 Å². The molecule has 0 aliphatic rings. The Hall–Kier alpha value is -2.19. The minimum atomic E-state index is -0.384. The molecule has 1 aromatic heterocycles. The van der Waals surface area contributed by atoms with Crippen LogP contribution in [-0.2, 0) is 12.8 Å². The summed E-state index contributed by atoms with van der Waals surface area (Å²) in [6.45, 7) is 0. The van der Waals surface area contributed by atoms with Crippen molar-refractivity contribution >= 4 is 10.8 Å². The molecule has 2 nitrogen and oxygen atoms in total. The summed E-state index contributed by atoms with van der Waals surface area (Å²) in [7, 11) is 0. The van der Waals surface area contributed by atoms with Gasteiger partial charge in [0.15, 0.2) is 0 Å². The summed E-state index contributed by atoms with van der Waals surface area (Å²) in [5, 5.41) is 12.7. The topological polar surface area (TPSA) is 33.1 Å². The van der Waals surface area contributed by atoms with Crippen LogP contribution < -0.4 is 0 Å². The molecule has 0 saturated carbocycles. The van der Waals surface area contributed by atoms with E-state index in [1.165, 1.54) is 16.3 Å². The van der Waals surface area contributed by atoms with Crippen LogP contribution in [0.1, 0.15) is 11.1 Å². The van der Waals surface area contributed by atoms with E-state index in [0.29, 0.717) is 12.8 Å². The standard InChI is InChI=1S/C18H17NO/c20-17(11-14-5-4-10-19-13-14)12-16-8-3-7-15-6-1-2-9-18(15)16/h1-10,13,17,20H,11-12H2. The number of nitrogens with zero attached hydrogens (tertiary/aromatic N) is 1. The maximum atomic E-state index is 10.3. The normalized spacial score (nSPS) is 12.4. The van der Waals surface area contributed by atoms with Gasteiger partial charge in [-0.2, -0.15) is 0 Å². The Kier molecular flexibility index (Phi) is 3.75. The van der Waals surface area contributed by atoms with Crippen molar-refractivity contribution < 1.29 is 5.11 Å². The van der Waals surface area contributed by atoms with Gasteiger partial charge in [-0.05, 0) is 34.4 Å². The second-order valence-corrected chi connectivity index (χ2v) is 5.06. The van der Waals surface area contributed by atoms with Gasteiger partial charge in [0.05, 0.1) is 6.10 Å².